The topological polar surface area (TPSA) is 57.4 Å². The molecule has 0 aliphatic heterocycles. The van der Waals surface area contributed by atoms with E-state index < -0.39 is 11.6 Å². The minimum Gasteiger partial charge on any atom is -0.493 e. The van der Waals surface area contributed by atoms with Gasteiger partial charge in [0.2, 0.25) is 0 Å². The number of hydrogen-bond acceptors (Lipinski definition) is 4. The van der Waals surface area contributed by atoms with Gasteiger partial charge in [-0.2, -0.15) is 0 Å². The van der Waals surface area contributed by atoms with E-state index in [1.165, 1.54) is 19.2 Å². The van der Waals surface area contributed by atoms with Crippen LogP contribution in [0.5, 0.6) is 11.5 Å². The number of rotatable bonds is 4. The number of anilines is 1. The summed E-state index contributed by atoms with van der Waals surface area (Å²) >= 11 is 0. The Labute approximate surface area is 131 Å². The predicted octanol–water partition coefficient (Wildman–Crippen LogP) is 3.68. The fourth-order valence-electron chi connectivity index (χ4n) is 2.31. The Morgan fingerprint density at radius 2 is 1.91 bits per heavy atom. The summed E-state index contributed by atoms with van der Waals surface area (Å²) < 4.78 is 38.2. The van der Waals surface area contributed by atoms with E-state index >= 15 is 0 Å². The van der Waals surface area contributed by atoms with Gasteiger partial charge >= 0.3 is 0 Å². The summed E-state index contributed by atoms with van der Waals surface area (Å²) in [6.07, 6.45) is 3.21. The lowest BCUT2D eigenvalue weighted by Gasteiger charge is -2.13. The van der Waals surface area contributed by atoms with Gasteiger partial charge in [-0.25, -0.2) is 8.78 Å². The highest BCUT2D eigenvalue weighted by atomic mass is 19.1. The average Bonchev–Trinajstić information content (AvgIpc) is 2.56. The first kappa shape index (κ1) is 15.0. The van der Waals surface area contributed by atoms with Crippen LogP contribution in [0.2, 0.25) is 0 Å². The highest BCUT2D eigenvalue weighted by molar-refractivity contribution is 5.84. The van der Waals surface area contributed by atoms with E-state index in [9.17, 15) is 8.78 Å². The number of benzene rings is 2. The van der Waals surface area contributed by atoms with E-state index in [0.29, 0.717) is 10.9 Å². The second-order valence-electron chi connectivity index (χ2n) is 4.94. The fraction of sp³-hybridized carbons (Fsp3) is 0.118. The summed E-state index contributed by atoms with van der Waals surface area (Å²) in [5, 5.41) is 1.51. The van der Waals surface area contributed by atoms with E-state index in [0.717, 1.165) is 11.5 Å². The highest BCUT2D eigenvalue weighted by Gasteiger charge is 2.13. The van der Waals surface area contributed by atoms with Crippen molar-refractivity contribution in [3.8, 4) is 11.5 Å². The summed E-state index contributed by atoms with van der Waals surface area (Å²) in [6.45, 7) is -0.0592. The molecule has 3 rings (SSSR count). The lowest BCUT2D eigenvalue weighted by molar-refractivity contribution is 0.280. The number of pyridine rings is 1. The van der Waals surface area contributed by atoms with Crippen molar-refractivity contribution in [1.29, 1.82) is 0 Å². The van der Waals surface area contributed by atoms with Crippen molar-refractivity contribution in [3.63, 3.8) is 0 Å². The summed E-state index contributed by atoms with van der Waals surface area (Å²) in [5.41, 5.74) is 5.83. The number of aromatic nitrogens is 1. The molecule has 4 nitrogen and oxygen atoms in total. The first-order valence-electron chi connectivity index (χ1n) is 6.87. The Morgan fingerprint density at radius 1 is 1.09 bits per heavy atom. The Hall–Kier alpha value is -2.89. The van der Waals surface area contributed by atoms with Gasteiger partial charge in [0.15, 0.2) is 11.5 Å². The maximum Gasteiger partial charge on any atom is 0.163 e. The number of nitrogens with zero attached hydrogens (tertiary/aromatic N) is 1. The van der Waals surface area contributed by atoms with Crippen LogP contribution in [0.1, 0.15) is 5.56 Å². The number of fused-ring (bicyclic) bond motifs is 1. The normalized spacial score (nSPS) is 10.7. The van der Waals surface area contributed by atoms with Gasteiger partial charge in [0, 0.05) is 35.5 Å². The number of nitrogens with two attached hydrogens (primary N) is 1. The standard InChI is InChI=1S/C17H14F2N2O2/c1-22-16-6-14(19)15(20)7-17(16)23-9-12-11-8-21-5-4-10(11)2-3-13(12)18/h2-8H,9,20H2,1H3. The first-order valence-corrected chi connectivity index (χ1v) is 6.87. The van der Waals surface area contributed by atoms with Crippen LogP contribution in [-0.2, 0) is 6.61 Å². The van der Waals surface area contributed by atoms with Crippen LogP contribution in [0.3, 0.4) is 0 Å². The molecule has 23 heavy (non-hydrogen) atoms. The van der Waals surface area contributed by atoms with Gasteiger partial charge < -0.3 is 15.2 Å². The van der Waals surface area contributed by atoms with Crippen molar-refractivity contribution in [1.82, 2.24) is 4.98 Å². The summed E-state index contributed by atoms with van der Waals surface area (Å²) in [5.74, 6) is -0.573. The van der Waals surface area contributed by atoms with Gasteiger partial charge in [-0.15, -0.1) is 0 Å². The maximum absolute atomic E-state index is 14.1. The predicted molar refractivity (Wildman–Crippen MR) is 83.4 cm³/mol. The zero-order valence-corrected chi connectivity index (χ0v) is 12.3. The molecule has 2 aromatic carbocycles. The van der Waals surface area contributed by atoms with Crippen LogP contribution < -0.4 is 15.2 Å². The number of hydrogen-bond donors (Lipinski definition) is 1. The molecule has 2 N–H and O–H groups in total. The van der Waals surface area contributed by atoms with E-state index in [1.807, 2.05) is 0 Å². The molecule has 0 aliphatic rings. The van der Waals surface area contributed by atoms with Gasteiger partial charge in [0.25, 0.3) is 0 Å². The molecule has 0 amide bonds. The van der Waals surface area contributed by atoms with Crippen molar-refractivity contribution in [3.05, 3.63) is 59.9 Å². The minimum atomic E-state index is -0.602. The van der Waals surface area contributed by atoms with Crippen molar-refractivity contribution >= 4 is 16.5 Å². The average molecular weight is 316 g/mol. The second kappa shape index (κ2) is 6.08. The minimum absolute atomic E-state index is 0.0592. The zero-order chi connectivity index (χ0) is 16.4. The molecule has 3 aromatic rings. The van der Waals surface area contributed by atoms with E-state index in [4.69, 9.17) is 15.2 Å². The van der Waals surface area contributed by atoms with Crippen LogP contribution in [-0.4, -0.2) is 12.1 Å². The van der Waals surface area contributed by atoms with Crippen LogP contribution in [0.25, 0.3) is 10.8 Å². The van der Waals surface area contributed by atoms with Gasteiger partial charge in [0.1, 0.15) is 18.2 Å². The molecule has 0 atom stereocenters. The molecule has 0 fully saturated rings. The smallest absolute Gasteiger partial charge is 0.163 e. The third-order valence-corrected chi connectivity index (χ3v) is 3.53. The molecule has 0 saturated carbocycles. The molecule has 118 valence electrons. The van der Waals surface area contributed by atoms with E-state index in [-0.39, 0.29) is 23.8 Å². The van der Waals surface area contributed by atoms with Crippen molar-refractivity contribution in [2.75, 3.05) is 12.8 Å². The number of ether oxygens (including phenoxy) is 2. The highest BCUT2D eigenvalue weighted by Crippen LogP contribution is 2.32. The summed E-state index contributed by atoms with van der Waals surface area (Å²) in [7, 11) is 1.39. The van der Waals surface area contributed by atoms with Gasteiger partial charge in [-0.05, 0) is 17.5 Å². The van der Waals surface area contributed by atoms with E-state index in [2.05, 4.69) is 4.98 Å². The molecule has 0 spiro atoms. The van der Waals surface area contributed by atoms with Crippen LogP contribution in [0, 0.1) is 11.6 Å². The Bertz CT molecular complexity index is 869. The fourth-order valence-corrected chi connectivity index (χ4v) is 2.31. The van der Waals surface area contributed by atoms with Crippen molar-refractivity contribution < 1.29 is 18.3 Å². The van der Waals surface area contributed by atoms with Crippen LogP contribution >= 0.6 is 0 Å². The molecule has 1 aromatic heterocycles. The summed E-state index contributed by atoms with van der Waals surface area (Å²) in [4.78, 5) is 4.01. The lowest BCUT2D eigenvalue weighted by atomic mass is 10.1. The first-order chi connectivity index (χ1) is 11.1. The van der Waals surface area contributed by atoms with E-state index in [1.54, 1.807) is 24.5 Å². The molecular formula is C17H14F2N2O2. The molecule has 0 bridgehead atoms. The van der Waals surface area contributed by atoms with Gasteiger partial charge in [0.05, 0.1) is 12.8 Å². The number of halogens is 2. The molecule has 0 unspecified atom stereocenters. The third kappa shape index (κ3) is 2.88. The Kier molecular flexibility index (Phi) is 3.97. The molecule has 0 saturated heterocycles. The van der Waals surface area contributed by atoms with Crippen molar-refractivity contribution in [2.24, 2.45) is 0 Å². The summed E-state index contributed by atoms with van der Waals surface area (Å²) in [6, 6.07) is 7.28. The van der Waals surface area contributed by atoms with Gasteiger partial charge in [-0.3, -0.25) is 4.98 Å². The molecule has 0 radical (unpaired) electrons. The Morgan fingerprint density at radius 3 is 2.70 bits per heavy atom. The maximum atomic E-state index is 14.1. The van der Waals surface area contributed by atoms with Crippen LogP contribution in [0.4, 0.5) is 14.5 Å². The third-order valence-electron chi connectivity index (χ3n) is 3.53. The Balaban J connectivity index is 1.95. The number of nitrogen functional groups attached to an aromatic ring is 1. The molecule has 0 aliphatic carbocycles. The van der Waals surface area contributed by atoms with Gasteiger partial charge in [-0.1, -0.05) is 6.07 Å². The molecule has 1 heterocycles. The second-order valence-corrected chi connectivity index (χ2v) is 4.94. The monoisotopic (exact) mass is 316 g/mol. The SMILES string of the molecule is COc1cc(F)c(N)cc1OCc1c(F)ccc2ccncc12. The largest absolute Gasteiger partial charge is 0.493 e. The molecule has 6 heteroatoms. The molecular weight excluding hydrogens is 302 g/mol. The number of methoxy groups -OCH3 is 1. The van der Waals surface area contributed by atoms with Crippen LogP contribution in [0.15, 0.2) is 42.7 Å². The lowest BCUT2D eigenvalue weighted by Crippen LogP contribution is -2.03. The zero-order valence-electron chi connectivity index (χ0n) is 12.3. The van der Waals surface area contributed by atoms with Crippen molar-refractivity contribution in [2.45, 2.75) is 6.61 Å². The quantitative estimate of drug-likeness (QED) is 0.746.